The van der Waals surface area contributed by atoms with E-state index in [9.17, 15) is 0 Å². The van der Waals surface area contributed by atoms with E-state index in [0.717, 1.165) is 11.0 Å². The van der Waals surface area contributed by atoms with Gasteiger partial charge in [-0.2, -0.15) is 0 Å². The summed E-state index contributed by atoms with van der Waals surface area (Å²) in [5.74, 6) is 0. The first kappa shape index (κ1) is 8.75. The molecule has 1 aromatic rings. The first-order chi connectivity index (χ1) is 5.18. The van der Waals surface area contributed by atoms with Crippen LogP contribution in [0.3, 0.4) is 0 Å². The molecular formula is C9H12BrN. The minimum Gasteiger partial charge on any atom is -0.305 e. The summed E-state index contributed by atoms with van der Waals surface area (Å²) >= 11 is 3.43. The summed E-state index contributed by atoms with van der Waals surface area (Å²) in [6.07, 6.45) is 0. The number of nitrogens with zero attached hydrogens (tertiary/aromatic N) is 1. The molecule has 0 aliphatic rings. The standard InChI is InChI=1S/C9H12BrN/c1-11(2)7-8-4-3-5-9(10)6-8/h3-6H,7H2,1-2H3. The monoisotopic (exact) mass is 213 g/mol. The maximum absolute atomic E-state index is 3.43. The van der Waals surface area contributed by atoms with Crippen LogP contribution in [0.25, 0.3) is 0 Å². The Morgan fingerprint density at radius 3 is 2.64 bits per heavy atom. The summed E-state index contributed by atoms with van der Waals surface area (Å²) in [6, 6.07) is 8.37. The third-order valence-corrected chi connectivity index (χ3v) is 1.88. The lowest BCUT2D eigenvalue weighted by molar-refractivity contribution is 0.402. The molecule has 0 unspecified atom stereocenters. The van der Waals surface area contributed by atoms with Crippen molar-refractivity contribution in [3.63, 3.8) is 0 Å². The molecule has 60 valence electrons. The van der Waals surface area contributed by atoms with Gasteiger partial charge in [-0.3, -0.25) is 0 Å². The Morgan fingerprint density at radius 1 is 1.36 bits per heavy atom. The van der Waals surface area contributed by atoms with Crippen molar-refractivity contribution in [3.8, 4) is 0 Å². The van der Waals surface area contributed by atoms with Crippen LogP contribution in [0.2, 0.25) is 0 Å². The Balaban J connectivity index is 2.71. The van der Waals surface area contributed by atoms with Crippen molar-refractivity contribution in [3.05, 3.63) is 34.3 Å². The van der Waals surface area contributed by atoms with E-state index in [1.807, 2.05) is 6.07 Å². The van der Waals surface area contributed by atoms with Gasteiger partial charge in [0.15, 0.2) is 0 Å². The summed E-state index contributed by atoms with van der Waals surface area (Å²) < 4.78 is 1.15. The number of halogens is 1. The maximum Gasteiger partial charge on any atom is 0.0228 e. The van der Waals surface area contributed by atoms with Crippen LogP contribution >= 0.6 is 15.9 Å². The molecule has 1 nitrogen and oxygen atoms in total. The molecule has 0 aliphatic heterocycles. The second-order valence-corrected chi connectivity index (χ2v) is 3.78. The molecule has 0 bridgehead atoms. The summed E-state index contributed by atoms with van der Waals surface area (Å²) in [6.45, 7) is 0.999. The van der Waals surface area contributed by atoms with Crippen LogP contribution in [0.1, 0.15) is 5.56 Å². The molecule has 0 radical (unpaired) electrons. The molecule has 0 N–H and O–H groups in total. The van der Waals surface area contributed by atoms with Gasteiger partial charge in [-0.1, -0.05) is 28.1 Å². The number of hydrogen-bond donors (Lipinski definition) is 0. The number of hydrogen-bond acceptors (Lipinski definition) is 1. The molecular weight excluding hydrogens is 202 g/mol. The summed E-state index contributed by atoms with van der Waals surface area (Å²) in [5.41, 5.74) is 1.34. The highest BCUT2D eigenvalue weighted by atomic mass is 79.9. The van der Waals surface area contributed by atoms with E-state index >= 15 is 0 Å². The van der Waals surface area contributed by atoms with Gasteiger partial charge in [0.2, 0.25) is 0 Å². The van der Waals surface area contributed by atoms with E-state index in [2.05, 4.69) is 53.1 Å². The summed E-state index contributed by atoms with van der Waals surface area (Å²) in [5, 5.41) is 0. The van der Waals surface area contributed by atoms with E-state index in [1.165, 1.54) is 5.56 Å². The third kappa shape index (κ3) is 3.04. The molecule has 0 atom stereocenters. The molecule has 0 amide bonds. The Morgan fingerprint density at radius 2 is 2.09 bits per heavy atom. The second-order valence-electron chi connectivity index (χ2n) is 2.87. The smallest absolute Gasteiger partial charge is 0.0228 e. The zero-order valence-electron chi connectivity index (χ0n) is 6.84. The zero-order chi connectivity index (χ0) is 8.27. The van der Waals surface area contributed by atoms with Crippen LogP contribution in [-0.4, -0.2) is 19.0 Å². The topological polar surface area (TPSA) is 3.24 Å². The Hall–Kier alpha value is -0.340. The van der Waals surface area contributed by atoms with Crippen molar-refractivity contribution in [1.29, 1.82) is 0 Å². The molecule has 1 aromatic carbocycles. The fourth-order valence-corrected chi connectivity index (χ4v) is 1.45. The predicted molar refractivity (Wildman–Crippen MR) is 51.5 cm³/mol. The first-order valence-electron chi connectivity index (χ1n) is 3.57. The van der Waals surface area contributed by atoms with E-state index in [4.69, 9.17) is 0 Å². The van der Waals surface area contributed by atoms with Crippen LogP contribution in [-0.2, 0) is 6.54 Å². The number of benzene rings is 1. The van der Waals surface area contributed by atoms with Crippen LogP contribution in [0.5, 0.6) is 0 Å². The van der Waals surface area contributed by atoms with Gasteiger partial charge in [-0.05, 0) is 31.8 Å². The third-order valence-electron chi connectivity index (χ3n) is 1.39. The van der Waals surface area contributed by atoms with Crippen LogP contribution < -0.4 is 0 Å². The van der Waals surface area contributed by atoms with Gasteiger partial charge in [0.25, 0.3) is 0 Å². The van der Waals surface area contributed by atoms with Gasteiger partial charge >= 0.3 is 0 Å². The van der Waals surface area contributed by atoms with Crippen molar-refractivity contribution in [2.45, 2.75) is 6.54 Å². The molecule has 2 heteroatoms. The average Bonchev–Trinajstić information content (AvgIpc) is 1.85. The SMILES string of the molecule is CN(C)Cc1cccc(Br)c1. The summed E-state index contributed by atoms with van der Waals surface area (Å²) in [4.78, 5) is 2.15. The average molecular weight is 214 g/mol. The van der Waals surface area contributed by atoms with Crippen molar-refractivity contribution >= 4 is 15.9 Å². The van der Waals surface area contributed by atoms with Gasteiger partial charge < -0.3 is 4.90 Å². The van der Waals surface area contributed by atoms with Crippen LogP contribution in [0, 0.1) is 0 Å². The molecule has 0 aliphatic carbocycles. The van der Waals surface area contributed by atoms with E-state index < -0.39 is 0 Å². The van der Waals surface area contributed by atoms with Crippen molar-refractivity contribution < 1.29 is 0 Å². The molecule has 11 heavy (non-hydrogen) atoms. The van der Waals surface area contributed by atoms with E-state index in [1.54, 1.807) is 0 Å². The highest BCUT2D eigenvalue weighted by molar-refractivity contribution is 9.10. The fraction of sp³-hybridized carbons (Fsp3) is 0.333. The lowest BCUT2D eigenvalue weighted by atomic mass is 10.2. The molecule has 1 rings (SSSR count). The van der Waals surface area contributed by atoms with Crippen molar-refractivity contribution in [2.75, 3.05) is 14.1 Å². The quantitative estimate of drug-likeness (QED) is 0.731. The summed E-state index contributed by atoms with van der Waals surface area (Å²) in [7, 11) is 4.14. The predicted octanol–water partition coefficient (Wildman–Crippen LogP) is 2.51. The molecule has 0 saturated heterocycles. The first-order valence-corrected chi connectivity index (χ1v) is 4.37. The Kier molecular flexibility index (Phi) is 3.09. The van der Waals surface area contributed by atoms with Gasteiger partial charge in [-0.25, -0.2) is 0 Å². The highest BCUT2D eigenvalue weighted by Crippen LogP contribution is 2.12. The minimum absolute atomic E-state index is 0.999. The lowest BCUT2D eigenvalue weighted by Gasteiger charge is -2.08. The zero-order valence-corrected chi connectivity index (χ0v) is 8.43. The fourth-order valence-electron chi connectivity index (χ4n) is 1.00. The largest absolute Gasteiger partial charge is 0.305 e. The van der Waals surface area contributed by atoms with Gasteiger partial charge in [0.05, 0.1) is 0 Å². The molecule has 0 aromatic heterocycles. The normalized spacial score (nSPS) is 10.5. The van der Waals surface area contributed by atoms with Crippen molar-refractivity contribution in [1.82, 2.24) is 4.90 Å². The molecule has 0 saturated carbocycles. The maximum atomic E-state index is 3.43. The minimum atomic E-state index is 0.999. The van der Waals surface area contributed by atoms with Crippen LogP contribution in [0.4, 0.5) is 0 Å². The highest BCUT2D eigenvalue weighted by Gasteiger charge is 1.94. The van der Waals surface area contributed by atoms with Gasteiger partial charge in [0, 0.05) is 11.0 Å². The molecule has 0 spiro atoms. The number of rotatable bonds is 2. The molecule has 0 heterocycles. The lowest BCUT2D eigenvalue weighted by Crippen LogP contribution is -2.10. The van der Waals surface area contributed by atoms with Crippen LogP contribution in [0.15, 0.2) is 28.7 Å². The second kappa shape index (κ2) is 3.88. The van der Waals surface area contributed by atoms with E-state index in [0.29, 0.717) is 0 Å². The van der Waals surface area contributed by atoms with Gasteiger partial charge in [-0.15, -0.1) is 0 Å². The Bertz CT molecular complexity index is 233. The van der Waals surface area contributed by atoms with Crippen molar-refractivity contribution in [2.24, 2.45) is 0 Å². The molecule has 0 fully saturated rings. The van der Waals surface area contributed by atoms with Gasteiger partial charge in [0.1, 0.15) is 0 Å². The van der Waals surface area contributed by atoms with E-state index in [-0.39, 0.29) is 0 Å². The Labute approximate surface area is 76.2 Å².